The molecule has 1 N–H and O–H groups in total. The Morgan fingerprint density at radius 1 is 1.17 bits per heavy atom. The molecule has 1 aromatic heterocycles. The van der Waals surface area contributed by atoms with Gasteiger partial charge in [0, 0.05) is 12.3 Å². The summed E-state index contributed by atoms with van der Waals surface area (Å²) >= 11 is 0. The highest BCUT2D eigenvalue weighted by Crippen LogP contribution is 2.25. The molecule has 0 atom stereocenters. The van der Waals surface area contributed by atoms with E-state index in [-0.39, 0.29) is 0 Å². The molecule has 0 saturated carbocycles. The highest BCUT2D eigenvalue weighted by Gasteiger charge is 2.19. The number of oxazole rings is 1. The van der Waals surface area contributed by atoms with E-state index in [1.165, 1.54) is 5.56 Å². The van der Waals surface area contributed by atoms with Gasteiger partial charge in [-0.15, -0.1) is 0 Å². The minimum absolute atomic E-state index is 0.496. The largest absolute Gasteiger partial charge is 0.445 e. The Morgan fingerprint density at radius 3 is 2.72 bits per heavy atom. The maximum Gasteiger partial charge on any atom is 0.197 e. The predicted molar refractivity (Wildman–Crippen MR) is 70.6 cm³/mol. The monoisotopic (exact) mass is 242 g/mol. The molecule has 2 aromatic rings. The molecule has 3 rings (SSSR count). The van der Waals surface area contributed by atoms with Gasteiger partial charge in [0.15, 0.2) is 5.89 Å². The van der Waals surface area contributed by atoms with Crippen molar-refractivity contribution in [3.05, 3.63) is 53.7 Å². The fourth-order valence-corrected chi connectivity index (χ4v) is 2.46. The van der Waals surface area contributed by atoms with Gasteiger partial charge in [-0.1, -0.05) is 30.3 Å². The maximum absolute atomic E-state index is 5.89. The van der Waals surface area contributed by atoms with Gasteiger partial charge in [0.2, 0.25) is 0 Å². The molecule has 1 saturated heterocycles. The lowest BCUT2D eigenvalue weighted by atomic mass is 9.98. The Kier molecular flexibility index (Phi) is 3.42. The van der Waals surface area contributed by atoms with Crippen LogP contribution in [0.4, 0.5) is 0 Å². The van der Waals surface area contributed by atoms with Crippen LogP contribution in [0.5, 0.6) is 0 Å². The summed E-state index contributed by atoms with van der Waals surface area (Å²) in [7, 11) is 0. The van der Waals surface area contributed by atoms with E-state index in [0.717, 1.165) is 44.0 Å². The van der Waals surface area contributed by atoms with Gasteiger partial charge in [-0.25, -0.2) is 4.98 Å². The fraction of sp³-hybridized carbons (Fsp3) is 0.400. The summed E-state index contributed by atoms with van der Waals surface area (Å²) in [5, 5.41) is 3.36. The van der Waals surface area contributed by atoms with Crippen molar-refractivity contribution in [1.29, 1.82) is 0 Å². The number of aromatic nitrogens is 1. The summed E-state index contributed by atoms with van der Waals surface area (Å²) in [4.78, 5) is 4.44. The van der Waals surface area contributed by atoms with Gasteiger partial charge in [0.05, 0.1) is 6.20 Å². The third-order valence-corrected chi connectivity index (χ3v) is 3.48. The van der Waals surface area contributed by atoms with Crippen molar-refractivity contribution >= 4 is 0 Å². The number of nitrogens with zero attached hydrogens (tertiary/aromatic N) is 1. The maximum atomic E-state index is 5.89. The van der Waals surface area contributed by atoms with Crippen LogP contribution < -0.4 is 5.32 Å². The summed E-state index contributed by atoms with van der Waals surface area (Å²) in [6.07, 6.45) is 4.97. The summed E-state index contributed by atoms with van der Waals surface area (Å²) in [5.41, 5.74) is 1.27. The second-order valence-corrected chi connectivity index (χ2v) is 4.85. The van der Waals surface area contributed by atoms with E-state index < -0.39 is 0 Å². The lowest BCUT2D eigenvalue weighted by Gasteiger charge is -2.19. The van der Waals surface area contributed by atoms with Gasteiger partial charge in [-0.3, -0.25) is 0 Å². The van der Waals surface area contributed by atoms with E-state index in [1.54, 1.807) is 0 Å². The number of hydrogen-bond donors (Lipinski definition) is 1. The van der Waals surface area contributed by atoms with Crippen LogP contribution in [-0.4, -0.2) is 18.1 Å². The Morgan fingerprint density at radius 2 is 1.94 bits per heavy atom. The molecule has 0 bridgehead atoms. The molecule has 1 aliphatic heterocycles. The fourth-order valence-electron chi connectivity index (χ4n) is 2.46. The van der Waals surface area contributed by atoms with Crippen LogP contribution in [-0.2, 0) is 6.42 Å². The number of piperidine rings is 1. The van der Waals surface area contributed by atoms with Crippen LogP contribution in [0.1, 0.15) is 36.0 Å². The minimum Gasteiger partial charge on any atom is -0.445 e. The molecule has 2 heterocycles. The van der Waals surface area contributed by atoms with E-state index in [0.29, 0.717) is 5.92 Å². The van der Waals surface area contributed by atoms with E-state index in [9.17, 15) is 0 Å². The van der Waals surface area contributed by atoms with E-state index >= 15 is 0 Å². The first-order valence-electron chi connectivity index (χ1n) is 6.61. The molecule has 0 spiro atoms. The van der Waals surface area contributed by atoms with Gasteiger partial charge < -0.3 is 9.73 Å². The third-order valence-electron chi connectivity index (χ3n) is 3.48. The zero-order valence-electron chi connectivity index (χ0n) is 10.4. The molecule has 18 heavy (non-hydrogen) atoms. The van der Waals surface area contributed by atoms with E-state index in [2.05, 4.69) is 34.6 Å². The molecule has 0 radical (unpaired) electrons. The number of nitrogens with one attached hydrogen (secondary N) is 1. The average molecular weight is 242 g/mol. The molecule has 1 fully saturated rings. The highest BCUT2D eigenvalue weighted by atomic mass is 16.4. The van der Waals surface area contributed by atoms with Crippen LogP contribution in [0.15, 0.2) is 40.9 Å². The van der Waals surface area contributed by atoms with Gasteiger partial charge in [-0.2, -0.15) is 0 Å². The standard InChI is InChI=1S/C15H18N2O/c1-2-4-12(5-3-1)10-14-11-17-15(18-14)13-6-8-16-9-7-13/h1-5,11,13,16H,6-10H2. The number of benzene rings is 1. The summed E-state index contributed by atoms with van der Waals surface area (Å²) in [6.45, 7) is 2.14. The zero-order chi connectivity index (χ0) is 12.2. The van der Waals surface area contributed by atoms with Crippen LogP contribution >= 0.6 is 0 Å². The Labute approximate surface area is 107 Å². The summed E-state index contributed by atoms with van der Waals surface area (Å²) < 4.78 is 5.89. The van der Waals surface area contributed by atoms with Crippen molar-refractivity contribution in [3.8, 4) is 0 Å². The van der Waals surface area contributed by atoms with Crippen molar-refractivity contribution in [2.45, 2.75) is 25.2 Å². The topological polar surface area (TPSA) is 38.1 Å². The van der Waals surface area contributed by atoms with Gasteiger partial charge in [0.25, 0.3) is 0 Å². The molecular weight excluding hydrogens is 224 g/mol. The average Bonchev–Trinajstić information content (AvgIpc) is 2.89. The van der Waals surface area contributed by atoms with E-state index in [4.69, 9.17) is 4.42 Å². The molecule has 1 aliphatic rings. The van der Waals surface area contributed by atoms with Crippen LogP contribution in [0.2, 0.25) is 0 Å². The van der Waals surface area contributed by atoms with Gasteiger partial charge in [0.1, 0.15) is 5.76 Å². The second kappa shape index (κ2) is 5.36. The van der Waals surface area contributed by atoms with Gasteiger partial charge >= 0.3 is 0 Å². The van der Waals surface area contributed by atoms with Crippen molar-refractivity contribution < 1.29 is 4.42 Å². The first kappa shape index (κ1) is 11.5. The smallest absolute Gasteiger partial charge is 0.197 e. The van der Waals surface area contributed by atoms with Gasteiger partial charge in [-0.05, 0) is 31.5 Å². The molecule has 3 nitrogen and oxygen atoms in total. The molecule has 3 heteroatoms. The van der Waals surface area contributed by atoms with E-state index in [1.807, 2.05) is 12.3 Å². The SMILES string of the molecule is c1ccc(Cc2cnc(C3CCNCC3)o2)cc1. The second-order valence-electron chi connectivity index (χ2n) is 4.85. The molecule has 0 aliphatic carbocycles. The summed E-state index contributed by atoms with van der Waals surface area (Å²) in [5.74, 6) is 2.38. The Bertz CT molecular complexity index is 486. The molecular formula is C15H18N2O. The quantitative estimate of drug-likeness (QED) is 0.899. The molecule has 1 aromatic carbocycles. The number of rotatable bonds is 3. The first-order chi connectivity index (χ1) is 8.92. The number of hydrogen-bond acceptors (Lipinski definition) is 3. The van der Waals surface area contributed by atoms with Crippen molar-refractivity contribution in [3.63, 3.8) is 0 Å². The normalized spacial score (nSPS) is 16.9. The minimum atomic E-state index is 0.496. The summed E-state index contributed by atoms with van der Waals surface area (Å²) in [6, 6.07) is 10.4. The molecule has 0 unspecified atom stereocenters. The first-order valence-corrected chi connectivity index (χ1v) is 6.61. The lowest BCUT2D eigenvalue weighted by molar-refractivity contribution is 0.363. The van der Waals surface area contributed by atoms with Crippen molar-refractivity contribution in [2.24, 2.45) is 0 Å². The lowest BCUT2D eigenvalue weighted by Crippen LogP contribution is -2.26. The van der Waals surface area contributed by atoms with Crippen molar-refractivity contribution in [1.82, 2.24) is 10.3 Å². The Balaban J connectivity index is 1.69. The van der Waals surface area contributed by atoms with Crippen LogP contribution in [0.3, 0.4) is 0 Å². The van der Waals surface area contributed by atoms with Crippen LogP contribution in [0.25, 0.3) is 0 Å². The van der Waals surface area contributed by atoms with Crippen molar-refractivity contribution in [2.75, 3.05) is 13.1 Å². The molecule has 0 amide bonds. The Hall–Kier alpha value is -1.61. The zero-order valence-corrected chi connectivity index (χ0v) is 10.4. The third kappa shape index (κ3) is 2.62. The molecule has 94 valence electrons. The predicted octanol–water partition coefficient (Wildman–Crippen LogP) is 2.73. The highest BCUT2D eigenvalue weighted by molar-refractivity contribution is 5.19. The van der Waals surface area contributed by atoms with Crippen LogP contribution in [0, 0.1) is 0 Å².